The van der Waals surface area contributed by atoms with Gasteiger partial charge in [0, 0.05) is 29.9 Å². The van der Waals surface area contributed by atoms with Gasteiger partial charge in [0.1, 0.15) is 30.5 Å². The van der Waals surface area contributed by atoms with Gasteiger partial charge in [-0.15, -0.1) is 0 Å². The predicted molar refractivity (Wildman–Crippen MR) is 143 cm³/mol. The molecular weight excluding hydrogens is 471 g/mol. The average Bonchev–Trinajstić information content (AvgIpc) is 3.75. The number of hydrogen-bond donors (Lipinski definition) is 1. The molecule has 6 rings (SSSR count). The molecule has 1 saturated heterocycles. The second-order valence-electron chi connectivity index (χ2n) is 11.1. The Hall–Kier alpha value is -2.50. The van der Waals surface area contributed by atoms with Gasteiger partial charge in [-0.25, -0.2) is 9.97 Å². The van der Waals surface area contributed by atoms with Gasteiger partial charge < -0.3 is 14.6 Å². The fourth-order valence-corrected chi connectivity index (χ4v) is 6.50. The van der Waals surface area contributed by atoms with Crippen LogP contribution >= 0.6 is 7.14 Å². The Bertz CT molecular complexity index is 1380. The van der Waals surface area contributed by atoms with E-state index in [9.17, 15) is 9.36 Å². The normalized spacial score (nSPS) is 20.6. The summed E-state index contributed by atoms with van der Waals surface area (Å²) in [7, 11) is -2.54. The largest absolute Gasteiger partial charge is 0.358 e. The number of ether oxygens (including phenoxy) is 1. The topological polar surface area (TPSA) is 86.1 Å². The number of pyridine rings is 1. The van der Waals surface area contributed by atoms with Gasteiger partial charge in [0.05, 0.1) is 11.4 Å². The number of ketones is 1. The zero-order valence-corrected chi connectivity index (χ0v) is 22.3. The van der Waals surface area contributed by atoms with Crippen LogP contribution in [-0.4, -0.2) is 40.3 Å². The van der Waals surface area contributed by atoms with Gasteiger partial charge in [0.25, 0.3) is 0 Å². The van der Waals surface area contributed by atoms with Gasteiger partial charge in [-0.3, -0.25) is 9.36 Å². The molecule has 8 heteroatoms. The molecule has 1 unspecified atom stereocenters. The highest BCUT2D eigenvalue weighted by atomic mass is 31.2. The van der Waals surface area contributed by atoms with E-state index >= 15 is 0 Å². The van der Waals surface area contributed by atoms with E-state index in [1.165, 1.54) is 18.4 Å². The second-order valence-corrected chi connectivity index (χ2v) is 14.3. The fourth-order valence-electron chi connectivity index (χ4n) is 5.33. The van der Waals surface area contributed by atoms with Gasteiger partial charge in [-0.05, 0) is 94.9 Å². The monoisotopic (exact) mass is 506 g/mol. The molecule has 1 aromatic carbocycles. The standard InChI is InChI=1S/C28H35N4O3P/c1-17-29-27-23(31-22-12-11-20(18-7-8-18)14-25(22)36(2,3)34)15-21(16-24(33)19-9-10-19)30-28(27)32(17)26-6-4-5-13-35-26/h11-12,14-15,18-19,26H,4-10,13,16H2,1-3H3,(H,30,31). The van der Waals surface area contributed by atoms with Crippen LogP contribution in [0.25, 0.3) is 11.2 Å². The number of imidazole rings is 1. The number of Topliss-reactive ketones (excluding diaryl/α,β-unsaturated/α-hetero) is 1. The van der Waals surface area contributed by atoms with Crippen molar-refractivity contribution in [2.24, 2.45) is 5.92 Å². The van der Waals surface area contributed by atoms with E-state index in [-0.39, 0.29) is 17.9 Å². The Labute approximate surface area is 212 Å². The van der Waals surface area contributed by atoms with E-state index in [0.29, 0.717) is 12.3 Å². The van der Waals surface area contributed by atoms with Crippen molar-refractivity contribution in [3.8, 4) is 0 Å². The summed E-state index contributed by atoms with van der Waals surface area (Å²) in [5, 5.41) is 4.43. The Kier molecular flexibility index (Phi) is 6.04. The molecule has 1 atom stereocenters. The van der Waals surface area contributed by atoms with Gasteiger partial charge in [-0.1, -0.05) is 6.07 Å². The van der Waals surface area contributed by atoms with Crippen molar-refractivity contribution in [3.63, 3.8) is 0 Å². The van der Waals surface area contributed by atoms with Gasteiger partial charge in [0.15, 0.2) is 5.65 Å². The lowest BCUT2D eigenvalue weighted by atomic mass is 10.1. The quantitative estimate of drug-likeness (QED) is 0.387. The van der Waals surface area contributed by atoms with Crippen LogP contribution in [0.3, 0.4) is 0 Å². The maximum atomic E-state index is 13.3. The number of anilines is 2. The lowest BCUT2D eigenvalue weighted by Crippen LogP contribution is -2.19. The van der Waals surface area contributed by atoms with Crippen LogP contribution in [0, 0.1) is 12.8 Å². The summed E-state index contributed by atoms with van der Waals surface area (Å²) in [6.45, 7) is 6.37. The molecule has 1 aliphatic heterocycles. The van der Waals surface area contributed by atoms with E-state index < -0.39 is 7.14 Å². The van der Waals surface area contributed by atoms with Crippen LogP contribution in [0.5, 0.6) is 0 Å². The van der Waals surface area contributed by atoms with Crippen LogP contribution in [0.4, 0.5) is 11.4 Å². The Morgan fingerprint density at radius 3 is 2.56 bits per heavy atom. The zero-order valence-electron chi connectivity index (χ0n) is 21.4. The number of carbonyl (C=O) groups excluding carboxylic acids is 1. The highest BCUT2D eigenvalue weighted by Crippen LogP contribution is 2.44. The number of nitrogens with one attached hydrogen (secondary N) is 1. The van der Waals surface area contributed by atoms with Crippen molar-refractivity contribution < 1.29 is 14.1 Å². The summed E-state index contributed by atoms with van der Waals surface area (Å²) in [6.07, 6.45) is 7.68. The number of aromatic nitrogens is 3. The first kappa shape index (κ1) is 23.9. The van der Waals surface area contributed by atoms with Crippen LogP contribution in [0.1, 0.15) is 74.2 Å². The smallest absolute Gasteiger partial charge is 0.164 e. The highest BCUT2D eigenvalue weighted by Gasteiger charge is 2.31. The molecule has 2 aromatic heterocycles. The molecule has 7 nitrogen and oxygen atoms in total. The third kappa shape index (κ3) is 4.76. The Balaban J connectivity index is 1.45. The summed E-state index contributed by atoms with van der Waals surface area (Å²) >= 11 is 0. The molecule has 3 aromatic rings. The van der Waals surface area contributed by atoms with Gasteiger partial charge >= 0.3 is 0 Å². The summed E-state index contributed by atoms with van der Waals surface area (Å²) in [5.74, 6) is 1.87. The van der Waals surface area contributed by atoms with E-state index in [4.69, 9.17) is 14.7 Å². The van der Waals surface area contributed by atoms with Crippen molar-refractivity contribution >= 4 is 40.8 Å². The van der Waals surface area contributed by atoms with Crippen LogP contribution < -0.4 is 10.6 Å². The number of fused-ring (bicyclic) bond motifs is 1. The van der Waals surface area contributed by atoms with Crippen LogP contribution in [0.15, 0.2) is 24.3 Å². The van der Waals surface area contributed by atoms with Crippen molar-refractivity contribution in [2.75, 3.05) is 25.3 Å². The third-order valence-corrected chi connectivity index (χ3v) is 9.16. The third-order valence-electron chi connectivity index (χ3n) is 7.63. The van der Waals surface area contributed by atoms with Crippen molar-refractivity contribution in [1.29, 1.82) is 0 Å². The molecule has 36 heavy (non-hydrogen) atoms. The number of hydrogen-bond acceptors (Lipinski definition) is 6. The molecule has 0 bridgehead atoms. The maximum Gasteiger partial charge on any atom is 0.164 e. The zero-order chi connectivity index (χ0) is 25.0. The first-order chi connectivity index (χ1) is 17.3. The molecule has 3 aliphatic rings. The summed E-state index contributed by atoms with van der Waals surface area (Å²) in [6, 6.07) is 8.28. The summed E-state index contributed by atoms with van der Waals surface area (Å²) in [4.78, 5) is 22.6. The van der Waals surface area contributed by atoms with E-state index in [1.54, 1.807) is 0 Å². The predicted octanol–water partition coefficient (Wildman–Crippen LogP) is 5.83. The number of carbonyl (C=O) groups is 1. The van der Waals surface area contributed by atoms with Crippen LogP contribution in [-0.2, 0) is 20.5 Å². The molecule has 2 saturated carbocycles. The SMILES string of the molecule is Cc1nc2c(Nc3ccc(C4CC4)cc3P(C)(C)=O)cc(CC(=O)C3CC3)nc2n1C1CCCCO1. The number of aryl methyl sites for hydroxylation is 1. The lowest BCUT2D eigenvalue weighted by Gasteiger charge is -2.25. The second kappa shape index (κ2) is 9.11. The van der Waals surface area contributed by atoms with Gasteiger partial charge in [0.2, 0.25) is 0 Å². The van der Waals surface area contributed by atoms with Crippen molar-refractivity contribution in [3.05, 3.63) is 41.3 Å². The van der Waals surface area contributed by atoms with Crippen LogP contribution in [0.2, 0.25) is 0 Å². The molecule has 0 amide bonds. The number of rotatable bonds is 8. The molecule has 0 radical (unpaired) electrons. The Morgan fingerprint density at radius 2 is 1.89 bits per heavy atom. The molecule has 3 heterocycles. The maximum absolute atomic E-state index is 13.3. The van der Waals surface area contributed by atoms with E-state index in [2.05, 4.69) is 28.1 Å². The minimum absolute atomic E-state index is 0.0987. The first-order valence-corrected chi connectivity index (χ1v) is 15.9. The molecular formula is C28H35N4O3P. The van der Waals surface area contributed by atoms with Crippen molar-refractivity contribution in [2.45, 2.75) is 70.4 Å². The van der Waals surface area contributed by atoms with E-state index in [0.717, 1.165) is 78.1 Å². The van der Waals surface area contributed by atoms with E-state index in [1.807, 2.05) is 26.3 Å². The van der Waals surface area contributed by atoms with Crippen molar-refractivity contribution in [1.82, 2.24) is 14.5 Å². The minimum atomic E-state index is -2.54. The molecule has 2 aliphatic carbocycles. The molecule has 0 spiro atoms. The first-order valence-electron chi connectivity index (χ1n) is 13.3. The average molecular weight is 507 g/mol. The summed E-state index contributed by atoms with van der Waals surface area (Å²) in [5.41, 5.74) is 5.14. The fraction of sp³-hybridized carbons (Fsp3) is 0.536. The summed E-state index contributed by atoms with van der Waals surface area (Å²) < 4.78 is 21.5. The highest BCUT2D eigenvalue weighted by molar-refractivity contribution is 7.70. The van der Waals surface area contributed by atoms with Gasteiger partial charge in [-0.2, -0.15) is 0 Å². The number of benzene rings is 1. The molecule has 1 N–H and O–H groups in total. The molecule has 3 fully saturated rings. The Morgan fingerprint density at radius 1 is 1.08 bits per heavy atom. The number of nitrogens with zero attached hydrogens (tertiary/aromatic N) is 3. The minimum Gasteiger partial charge on any atom is -0.358 e. The molecule has 190 valence electrons. The lowest BCUT2D eigenvalue weighted by molar-refractivity contribution is -0.119.